The van der Waals surface area contributed by atoms with E-state index in [1.165, 1.54) is 4.90 Å². The number of nitrogens with zero attached hydrogens (tertiary/aromatic N) is 2. The van der Waals surface area contributed by atoms with E-state index >= 15 is 0 Å². The van der Waals surface area contributed by atoms with Crippen LogP contribution in [-0.4, -0.2) is 49.4 Å². The molecule has 2 N–H and O–H groups in total. The maximum atomic E-state index is 12.2. The largest absolute Gasteiger partial charge is 0.356 e. The summed E-state index contributed by atoms with van der Waals surface area (Å²) in [6, 6.07) is 6.99. The molecule has 24 heavy (non-hydrogen) atoms. The molecule has 1 aromatic carbocycles. The monoisotopic (exact) mass is 330 g/mol. The lowest BCUT2D eigenvalue weighted by atomic mass is 10.1. The van der Waals surface area contributed by atoms with Crippen LogP contribution in [0.1, 0.15) is 47.4 Å². The molecule has 6 nitrogen and oxygen atoms in total. The number of carbonyl (C=O) groups excluding carboxylic acids is 2. The summed E-state index contributed by atoms with van der Waals surface area (Å²) in [5.74, 6) is 0.970. The number of aliphatic imine (C=N–C) groups is 1. The molecule has 2 rings (SSSR count). The Kier molecular flexibility index (Phi) is 6.35. The summed E-state index contributed by atoms with van der Waals surface area (Å²) < 4.78 is 0. The molecule has 0 aromatic heterocycles. The number of rotatable bonds is 7. The Labute approximate surface area is 143 Å². The maximum absolute atomic E-state index is 12.2. The second kappa shape index (κ2) is 8.47. The van der Waals surface area contributed by atoms with Gasteiger partial charge in [-0.05, 0) is 30.9 Å². The van der Waals surface area contributed by atoms with Crippen molar-refractivity contribution in [1.29, 1.82) is 0 Å². The minimum atomic E-state index is -0.182. The molecule has 0 bridgehead atoms. The maximum Gasteiger partial charge on any atom is 0.261 e. The standard InChI is InChI=1S/C18H26N4O2/c1-13(2)12-21-18(19-3)20-10-6-7-11-22-16(23)14-8-4-5-9-15(14)17(22)24/h4-5,8-9,13H,6-7,10-12H2,1-3H3,(H2,19,20,21). The Bertz CT molecular complexity index is 590. The van der Waals surface area contributed by atoms with Crippen LogP contribution in [0.5, 0.6) is 0 Å². The molecule has 0 fully saturated rings. The van der Waals surface area contributed by atoms with E-state index in [2.05, 4.69) is 29.5 Å². The van der Waals surface area contributed by atoms with Crippen molar-refractivity contribution in [2.24, 2.45) is 10.9 Å². The zero-order valence-corrected chi connectivity index (χ0v) is 14.6. The smallest absolute Gasteiger partial charge is 0.261 e. The van der Waals surface area contributed by atoms with Crippen molar-refractivity contribution in [2.45, 2.75) is 26.7 Å². The third kappa shape index (κ3) is 4.34. The average Bonchev–Trinajstić information content (AvgIpc) is 2.82. The van der Waals surface area contributed by atoms with Gasteiger partial charge in [-0.3, -0.25) is 19.5 Å². The van der Waals surface area contributed by atoms with Gasteiger partial charge in [0.25, 0.3) is 11.8 Å². The number of imide groups is 1. The molecular weight excluding hydrogens is 304 g/mol. The van der Waals surface area contributed by atoms with Gasteiger partial charge in [-0.1, -0.05) is 26.0 Å². The second-order valence-electron chi connectivity index (χ2n) is 6.29. The number of guanidine groups is 1. The Morgan fingerprint density at radius 2 is 1.71 bits per heavy atom. The van der Waals surface area contributed by atoms with Crippen LogP contribution >= 0.6 is 0 Å². The molecule has 0 saturated heterocycles. The van der Waals surface area contributed by atoms with Crippen LogP contribution < -0.4 is 10.6 Å². The highest BCUT2D eigenvalue weighted by Crippen LogP contribution is 2.22. The van der Waals surface area contributed by atoms with Crippen molar-refractivity contribution in [3.63, 3.8) is 0 Å². The molecule has 0 aliphatic carbocycles. The first-order valence-corrected chi connectivity index (χ1v) is 8.44. The van der Waals surface area contributed by atoms with E-state index in [1.807, 2.05) is 0 Å². The molecule has 1 aliphatic heterocycles. The highest BCUT2D eigenvalue weighted by Gasteiger charge is 2.34. The van der Waals surface area contributed by atoms with E-state index in [1.54, 1.807) is 31.3 Å². The van der Waals surface area contributed by atoms with Crippen LogP contribution in [0.25, 0.3) is 0 Å². The Hall–Kier alpha value is -2.37. The Morgan fingerprint density at radius 3 is 2.25 bits per heavy atom. The van der Waals surface area contributed by atoms with Gasteiger partial charge in [0.2, 0.25) is 0 Å². The molecule has 0 unspecified atom stereocenters. The Morgan fingerprint density at radius 1 is 1.08 bits per heavy atom. The number of fused-ring (bicyclic) bond motifs is 1. The zero-order valence-electron chi connectivity index (χ0n) is 14.6. The number of benzene rings is 1. The summed E-state index contributed by atoms with van der Waals surface area (Å²) in [7, 11) is 1.74. The quantitative estimate of drug-likeness (QED) is 0.346. The van der Waals surface area contributed by atoms with Gasteiger partial charge >= 0.3 is 0 Å². The fraction of sp³-hybridized carbons (Fsp3) is 0.500. The van der Waals surface area contributed by atoms with Gasteiger partial charge in [-0.15, -0.1) is 0 Å². The highest BCUT2D eigenvalue weighted by molar-refractivity contribution is 6.21. The van der Waals surface area contributed by atoms with Gasteiger partial charge in [-0.2, -0.15) is 0 Å². The van der Waals surface area contributed by atoms with Crippen molar-refractivity contribution in [2.75, 3.05) is 26.7 Å². The Balaban J connectivity index is 1.72. The van der Waals surface area contributed by atoms with E-state index < -0.39 is 0 Å². The van der Waals surface area contributed by atoms with Gasteiger partial charge in [0.05, 0.1) is 11.1 Å². The number of carbonyl (C=O) groups is 2. The van der Waals surface area contributed by atoms with Crippen molar-refractivity contribution in [3.05, 3.63) is 35.4 Å². The van der Waals surface area contributed by atoms with E-state index in [9.17, 15) is 9.59 Å². The van der Waals surface area contributed by atoms with E-state index in [4.69, 9.17) is 0 Å². The topological polar surface area (TPSA) is 73.8 Å². The summed E-state index contributed by atoms with van der Waals surface area (Å²) in [5, 5.41) is 6.49. The van der Waals surface area contributed by atoms with Crippen LogP contribution in [0.15, 0.2) is 29.3 Å². The van der Waals surface area contributed by atoms with E-state index in [0.717, 1.165) is 31.9 Å². The summed E-state index contributed by atoms with van der Waals surface area (Å²) in [4.78, 5) is 30.0. The molecule has 0 atom stereocenters. The molecule has 1 aromatic rings. The second-order valence-corrected chi connectivity index (χ2v) is 6.29. The molecule has 2 amide bonds. The predicted molar refractivity (Wildman–Crippen MR) is 95.2 cm³/mol. The summed E-state index contributed by atoms with van der Waals surface area (Å²) in [5.41, 5.74) is 1.03. The number of unbranched alkanes of at least 4 members (excludes halogenated alkanes) is 1. The van der Waals surface area contributed by atoms with Crippen molar-refractivity contribution < 1.29 is 9.59 Å². The van der Waals surface area contributed by atoms with Crippen LogP contribution in [-0.2, 0) is 0 Å². The van der Waals surface area contributed by atoms with Gasteiger partial charge < -0.3 is 10.6 Å². The van der Waals surface area contributed by atoms with Crippen LogP contribution in [0, 0.1) is 5.92 Å². The minimum absolute atomic E-state index is 0.182. The fourth-order valence-corrected chi connectivity index (χ4v) is 2.57. The third-order valence-electron chi connectivity index (χ3n) is 3.88. The first kappa shape index (κ1) is 18.0. The van der Waals surface area contributed by atoms with Gasteiger partial charge in [0.15, 0.2) is 5.96 Å². The molecule has 1 heterocycles. The number of nitrogens with one attached hydrogen (secondary N) is 2. The lowest BCUT2D eigenvalue weighted by molar-refractivity contribution is 0.0652. The lowest BCUT2D eigenvalue weighted by Gasteiger charge is -2.15. The molecule has 6 heteroatoms. The van der Waals surface area contributed by atoms with Gasteiger partial charge in [-0.25, -0.2) is 0 Å². The summed E-state index contributed by atoms with van der Waals surface area (Å²) >= 11 is 0. The first-order chi connectivity index (χ1) is 11.5. The molecule has 0 radical (unpaired) electrons. The van der Waals surface area contributed by atoms with E-state index in [0.29, 0.717) is 23.6 Å². The number of hydrogen-bond donors (Lipinski definition) is 2. The van der Waals surface area contributed by atoms with Crippen molar-refractivity contribution >= 4 is 17.8 Å². The van der Waals surface area contributed by atoms with Gasteiger partial charge in [0.1, 0.15) is 0 Å². The van der Waals surface area contributed by atoms with Crippen molar-refractivity contribution in [1.82, 2.24) is 15.5 Å². The van der Waals surface area contributed by atoms with Crippen molar-refractivity contribution in [3.8, 4) is 0 Å². The third-order valence-corrected chi connectivity index (χ3v) is 3.88. The molecule has 0 saturated carbocycles. The SMILES string of the molecule is CN=C(NCCCCN1C(=O)c2ccccc2C1=O)NCC(C)C. The normalized spacial score (nSPS) is 14.3. The molecular formula is C18H26N4O2. The summed E-state index contributed by atoms with van der Waals surface area (Å²) in [6.45, 7) is 6.35. The fourth-order valence-electron chi connectivity index (χ4n) is 2.57. The highest BCUT2D eigenvalue weighted by atomic mass is 16.2. The minimum Gasteiger partial charge on any atom is -0.356 e. The van der Waals surface area contributed by atoms with Crippen LogP contribution in [0.4, 0.5) is 0 Å². The number of amides is 2. The zero-order chi connectivity index (χ0) is 17.5. The van der Waals surface area contributed by atoms with Crippen LogP contribution in [0.3, 0.4) is 0 Å². The van der Waals surface area contributed by atoms with Crippen LogP contribution in [0.2, 0.25) is 0 Å². The lowest BCUT2D eigenvalue weighted by Crippen LogP contribution is -2.39. The molecule has 1 aliphatic rings. The summed E-state index contributed by atoms with van der Waals surface area (Å²) in [6.07, 6.45) is 1.62. The van der Waals surface area contributed by atoms with Gasteiger partial charge in [0, 0.05) is 26.7 Å². The average molecular weight is 330 g/mol. The predicted octanol–water partition coefficient (Wildman–Crippen LogP) is 1.88. The molecule has 130 valence electrons. The van der Waals surface area contributed by atoms with E-state index in [-0.39, 0.29) is 11.8 Å². The first-order valence-electron chi connectivity index (χ1n) is 8.44. The molecule has 0 spiro atoms. The number of hydrogen-bond acceptors (Lipinski definition) is 3.